The van der Waals surface area contributed by atoms with Gasteiger partial charge in [-0.3, -0.25) is 15.6 Å². The van der Waals surface area contributed by atoms with Crippen molar-refractivity contribution in [1.29, 1.82) is 0 Å². The third-order valence-corrected chi connectivity index (χ3v) is 4.07. The zero-order valence-electron chi connectivity index (χ0n) is 14.1. The number of hydrogen-bond donors (Lipinski definition) is 3. The topological polar surface area (TPSA) is 62.4 Å². The summed E-state index contributed by atoms with van der Waals surface area (Å²) in [4.78, 5) is 12.1. The molecule has 0 atom stereocenters. The first-order valence-corrected chi connectivity index (χ1v) is 8.51. The number of carbonyl (C=O) groups excluding carboxylic acids is 1. The van der Waals surface area contributed by atoms with Crippen molar-refractivity contribution in [3.63, 3.8) is 0 Å². The van der Waals surface area contributed by atoms with E-state index in [1.54, 1.807) is 19.2 Å². The minimum atomic E-state index is -0.292. The second-order valence-electron chi connectivity index (χ2n) is 5.40. The summed E-state index contributed by atoms with van der Waals surface area (Å²) < 4.78 is 5.22. The minimum Gasteiger partial charge on any atom is -0.496 e. The van der Waals surface area contributed by atoms with Crippen molar-refractivity contribution in [3.8, 4) is 5.75 Å². The molecule has 2 aromatic carbocycles. The predicted molar refractivity (Wildman–Crippen MR) is 104 cm³/mol. The van der Waals surface area contributed by atoms with Gasteiger partial charge < -0.3 is 10.1 Å². The Labute approximate surface area is 157 Å². The van der Waals surface area contributed by atoms with Crippen LogP contribution < -0.4 is 20.9 Å². The minimum absolute atomic E-state index is 0.292. The number of methoxy groups -OCH3 is 1. The van der Waals surface area contributed by atoms with Crippen LogP contribution in [0.15, 0.2) is 42.5 Å². The summed E-state index contributed by atoms with van der Waals surface area (Å²) in [6.07, 6.45) is 0.794. The normalized spacial score (nSPS) is 10.0. The average molecular weight is 378 g/mol. The van der Waals surface area contributed by atoms with Gasteiger partial charge in [0.25, 0.3) is 5.91 Å². The molecule has 0 saturated carbocycles. The smallest absolute Gasteiger partial charge is 0.269 e. The van der Waals surface area contributed by atoms with Gasteiger partial charge in [0.05, 0.1) is 7.11 Å². The molecule has 132 valence electrons. The molecule has 0 radical (unpaired) electrons. The van der Waals surface area contributed by atoms with Gasteiger partial charge in [0.1, 0.15) is 5.75 Å². The lowest BCUT2D eigenvalue weighted by Gasteiger charge is -2.12. The zero-order valence-corrected chi connectivity index (χ0v) is 15.6. The number of thiocarbonyl (C=S) groups is 1. The monoisotopic (exact) mass is 377 g/mol. The number of hydrogen-bond acceptors (Lipinski definition) is 3. The molecule has 0 unspecified atom stereocenters. The van der Waals surface area contributed by atoms with Crippen LogP contribution in [0.5, 0.6) is 5.75 Å². The van der Waals surface area contributed by atoms with Gasteiger partial charge in [-0.05, 0) is 61.0 Å². The molecule has 0 saturated heterocycles. The lowest BCUT2D eigenvalue weighted by atomic mass is 10.1. The number of aryl methyl sites for hydroxylation is 1. The summed E-state index contributed by atoms with van der Waals surface area (Å²) in [6.45, 7) is 2.56. The van der Waals surface area contributed by atoms with E-state index in [1.807, 2.05) is 37.3 Å². The molecular formula is C18H20ClN3O2S. The van der Waals surface area contributed by atoms with Crippen LogP contribution in [0.4, 0.5) is 0 Å². The summed E-state index contributed by atoms with van der Waals surface area (Å²) in [5, 5.41) is 4.09. The average Bonchev–Trinajstić information content (AvgIpc) is 2.61. The lowest BCUT2D eigenvalue weighted by Crippen LogP contribution is -2.47. The molecule has 0 aliphatic rings. The Bertz CT molecular complexity index is 750. The van der Waals surface area contributed by atoms with E-state index in [2.05, 4.69) is 16.2 Å². The first kappa shape index (κ1) is 19.0. The first-order chi connectivity index (χ1) is 12.0. The van der Waals surface area contributed by atoms with Crippen LogP contribution in [-0.2, 0) is 6.42 Å². The van der Waals surface area contributed by atoms with Gasteiger partial charge in [0, 0.05) is 17.1 Å². The van der Waals surface area contributed by atoms with Gasteiger partial charge in [0.15, 0.2) is 5.11 Å². The van der Waals surface area contributed by atoms with Gasteiger partial charge in [-0.25, -0.2) is 0 Å². The highest BCUT2D eigenvalue weighted by atomic mass is 35.5. The van der Waals surface area contributed by atoms with E-state index in [1.165, 1.54) is 0 Å². The molecule has 0 aromatic heterocycles. The molecule has 5 nitrogen and oxygen atoms in total. The maximum Gasteiger partial charge on any atom is 0.269 e. The molecule has 1 amide bonds. The number of benzene rings is 2. The van der Waals surface area contributed by atoms with Gasteiger partial charge >= 0.3 is 0 Å². The molecule has 0 bridgehead atoms. The highest BCUT2D eigenvalue weighted by Crippen LogP contribution is 2.18. The fourth-order valence-electron chi connectivity index (χ4n) is 2.16. The van der Waals surface area contributed by atoms with Gasteiger partial charge in [-0.15, -0.1) is 0 Å². The number of nitrogens with one attached hydrogen (secondary N) is 3. The largest absolute Gasteiger partial charge is 0.496 e. The van der Waals surface area contributed by atoms with Gasteiger partial charge in [-0.1, -0.05) is 29.8 Å². The summed E-state index contributed by atoms with van der Waals surface area (Å²) in [5.41, 5.74) is 7.85. The van der Waals surface area contributed by atoms with Crippen molar-refractivity contribution < 1.29 is 9.53 Å². The number of amides is 1. The van der Waals surface area contributed by atoms with Crippen LogP contribution in [0.25, 0.3) is 0 Å². The predicted octanol–water partition coefficient (Wildman–Crippen LogP) is 3.01. The maximum atomic E-state index is 12.1. The van der Waals surface area contributed by atoms with Crippen molar-refractivity contribution in [3.05, 3.63) is 64.2 Å². The summed E-state index contributed by atoms with van der Waals surface area (Å²) in [6, 6.07) is 12.9. The summed E-state index contributed by atoms with van der Waals surface area (Å²) in [5.74, 6) is 0.372. The molecule has 0 fully saturated rings. The van der Waals surface area contributed by atoms with Crippen LogP contribution in [0, 0.1) is 6.92 Å². The van der Waals surface area contributed by atoms with Gasteiger partial charge in [0.2, 0.25) is 0 Å². The standard InChI is InChI=1S/C18H20ClN3O2S/c1-12-3-6-14(11-16(12)24-2)17(23)21-22-18(25)20-10-9-13-4-7-15(19)8-5-13/h3-8,11H,9-10H2,1-2H3,(H,21,23)(H2,20,22,25). The molecule has 3 N–H and O–H groups in total. The Morgan fingerprint density at radius 1 is 1.16 bits per heavy atom. The Morgan fingerprint density at radius 2 is 1.88 bits per heavy atom. The summed E-state index contributed by atoms with van der Waals surface area (Å²) in [7, 11) is 1.57. The van der Waals surface area contributed by atoms with E-state index in [4.69, 9.17) is 28.6 Å². The zero-order chi connectivity index (χ0) is 18.2. The summed E-state index contributed by atoms with van der Waals surface area (Å²) >= 11 is 11.0. The van der Waals surface area contributed by atoms with Crippen LogP contribution in [0.1, 0.15) is 21.5 Å². The molecule has 0 aliphatic carbocycles. The van der Waals surface area contributed by atoms with E-state index < -0.39 is 0 Å². The highest BCUT2D eigenvalue weighted by molar-refractivity contribution is 7.80. The molecular weight excluding hydrogens is 358 g/mol. The van der Waals surface area contributed by atoms with Gasteiger partial charge in [-0.2, -0.15) is 0 Å². The number of ether oxygens (including phenoxy) is 1. The number of rotatable bonds is 5. The first-order valence-electron chi connectivity index (χ1n) is 7.73. The Kier molecular flexibility index (Phi) is 7.03. The maximum absolute atomic E-state index is 12.1. The Morgan fingerprint density at radius 3 is 2.56 bits per heavy atom. The van der Waals surface area contributed by atoms with Crippen LogP contribution in [0.3, 0.4) is 0 Å². The molecule has 2 aromatic rings. The van der Waals surface area contributed by atoms with Crippen molar-refractivity contribution in [1.82, 2.24) is 16.2 Å². The second kappa shape index (κ2) is 9.25. The van der Waals surface area contributed by atoms with E-state index in [0.717, 1.165) is 17.5 Å². The van der Waals surface area contributed by atoms with E-state index >= 15 is 0 Å². The molecule has 7 heteroatoms. The Balaban J connectivity index is 1.75. The van der Waals surface area contributed by atoms with Crippen molar-refractivity contribution in [2.24, 2.45) is 0 Å². The van der Waals surface area contributed by atoms with Crippen molar-refractivity contribution in [2.45, 2.75) is 13.3 Å². The molecule has 0 spiro atoms. The quantitative estimate of drug-likeness (QED) is 0.552. The van der Waals surface area contributed by atoms with Crippen LogP contribution in [0.2, 0.25) is 5.02 Å². The third kappa shape index (κ3) is 5.92. The highest BCUT2D eigenvalue weighted by Gasteiger charge is 2.08. The number of carbonyl (C=O) groups is 1. The van der Waals surface area contributed by atoms with Crippen molar-refractivity contribution in [2.75, 3.05) is 13.7 Å². The Hall–Kier alpha value is -2.31. The number of halogens is 1. The van der Waals surface area contributed by atoms with E-state index in [0.29, 0.717) is 28.0 Å². The van der Waals surface area contributed by atoms with E-state index in [-0.39, 0.29) is 5.91 Å². The lowest BCUT2D eigenvalue weighted by molar-refractivity contribution is 0.0943. The van der Waals surface area contributed by atoms with Crippen molar-refractivity contribution >= 4 is 34.8 Å². The second-order valence-corrected chi connectivity index (χ2v) is 6.24. The SMILES string of the molecule is COc1cc(C(=O)NNC(=S)NCCc2ccc(Cl)cc2)ccc1C. The number of hydrazine groups is 1. The fraction of sp³-hybridized carbons (Fsp3) is 0.222. The molecule has 0 heterocycles. The molecule has 2 rings (SSSR count). The van der Waals surface area contributed by atoms with Crippen LogP contribution in [-0.4, -0.2) is 24.7 Å². The molecule has 0 aliphatic heterocycles. The third-order valence-electron chi connectivity index (χ3n) is 3.57. The molecule has 25 heavy (non-hydrogen) atoms. The van der Waals surface area contributed by atoms with Crippen LogP contribution >= 0.6 is 23.8 Å². The van der Waals surface area contributed by atoms with E-state index in [9.17, 15) is 4.79 Å². The fourth-order valence-corrected chi connectivity index (χ4v) is 2.44.